The minimum absolute atomic E-state index is 0.609. The molecule has 0 aliphatic heterocycles. The van der Waals surface area contributed by atoms with Crippen LogP contribution in [0, 0.1) is 28.7 Å². The molecule has 0 aliphatic carbocycles. The quantitative estimate of drug-likeness (QED) is 0.715. The zero-order valence-electron chi connectivity index (χ0n) is 8.44. The van der Waals surface area contributed by atoms with Crippen molar-refractivity contribution in [3.63, 3.8) is 0 Å². The first-order chi connectivity index (χ1) is 7.83. The molecular weight excluding hydrogens is 196 g/mol. The van der Waals surface area contributed by atoms with Gasteiger partial charge in [-0.2, -0.15) is 10.5 Å². The maximum Gasteiger partial charge on any atom is 0.0991 e. The highest BCUT2D eigenvalue weighted by Crippen LogP contribution is 2.19. The summed E-state index contributed by atoms with van der Waals surface area (Å²) in [6.07, 6.45) is 0. The summed E-state index contributed by atoms with van der Waals surface area (Å²) >= 11 is 0. The molecule has 0 saturated heterocycles. The largest absolute Gasteiger partial charge is 0.192 e. The van der Waals surface area contributed by atoms with Crippen LogP contribution in [0.2, 0.25) is 0 Å². The number of nitriles is 2. The molecule has 0 fully saturated rings. The number of hydrogen-bond acceptors (Lipinski definition) is 2. The van der Waals surface area contributed by atoms with Crippen molar-refractivity contribution in [2.75, 3.05) is 0 Å². The third-order valence-corrected chi connectivity index (χ3v) is 2.26. The lowest BCUT2D eigenvalue weighted by atomic mass is 10.0. The maximum atomic E-state index is 8.78. The first-order valence-corrected chi connectivity index (χ1v) is 4.76. The molecule has 73 valence electrons. The Labute approximate surface area is 94.0 Å². The topological polar surface area (TPSA) is 47.6 Å². The molecule has 2 aromatic rings. The van der Waals surface area contributed by atoms with E-state index < -0.39 is 0 Å². The first kappa shape index (κ1) is 9.96. The Morgan fingerprint density at radius 1 is 0.875 bits per heavy atom. The van der Waals surface area contributed by atoms with Crippen molar-refractivity contribution >= 4 is 0 Å². The summed E-state index contributed by atoms with van der Waals surface area (Å²) in [5.41, 5.74) is 3.05. The highest BCUT2D eigenvalue weighted by Gasteiger charge is 1.99. The summed E-state index contributed by atoms with van der Waals surface area (Å²) in [7, 11) is 0. The Balaban J connectivity index is 2.44. The number of rotatable bonds is 1. The van der Waals surface area contributed by atoms with Crippen LogP contribution in [0.4, 0.5) is 0 Å². The minimum Gasteiger partial charge on any atom is -0.192 e. The Morgan fingerprint density at radius 3 is 2.19 bits per heavy atom. The van der Waals surface area contributed by atoms with E-state index in [1.165, 1.54) is 0 Å². The van der Waals surface area contributed by atoms with Crippen LogP contribution in [0.3, 0.4) is 0 Å². The maximum absolute atomic E-state index is 8.78. The summed E-state index contributed by atoms with van der Waals surface area (Å²) < 4.78 is 0. The van der Waals surface area contributed by atoms with Gasteiger partial charge in [0.05, 0.1) is 23.3 Å². The molecule has 2 heteroatoms. The molecule has 0 amide bonds. The normalized spacial score (nSPS) is 9.12. The molecule has 0 aliphatic rings. The van der Waals surface area contributed by atoms with E-state index in [4.69, 9.17) is 10.5 Å². The van der Waals surface area contributed by atoms with Crippen molar-refractivity contribution in [3.8, 4) is 23.3 Å². The molecule has 2 nitrogen and oxygen atoms in total. The van der Waals surface area contributed by atoms with Gasteiger partial charge in [0, 0.05) is 0 Å². The molecule has 0 atom stereocenters. The summed E-state index contributed by atoms with van der Waals surface area (Å²) in [4.78, 5) is 0. The Kier molecular flexibility index (Phi) is 2.67. The molecule has 0 saturated carbocycles. The number of hydrogen-bond donors (Lipinski definition) is 0. The summed E-state index contributed by atoms with van der Waals surface area (Å²) in [6, 6.07) is 19.6. The summed E-state index contributed by atoms with van der Waals surface area (Å²) in [5.74, 6) is 0. The van der Waals surface area contributed by atoms with E-state index in [2.05, 4.69) is 18.2 Å². The van der Waals surface area contributed by atoms with Crippen molar-refractivity contribution in [2.45, 2.75) is 0 Å². The average molecular weight is 203 g/mol. The molecule has 0 spiro atoms. The van der Waals surface area contributed by atoms with Crippen LogP contribution in [0.5, 0.6) is 0 Å². The fourth-order valence-electron chi connectivity index (χ4n) is 1.43. The van der Waals surface area contributed by atoms with Crippen LogP contribution in [0.15, 0.2) is 42.5 Å². The molecule has 0 bridgehead atoms. The van der Waals surface area contributed by atoms with Crippen LogP contribution in [-0.2, 0) is 0 Å². The van der Waals surface area contributed by atoms with Gasteiger partial charge >= 0.3 is 0 Å². The third kappa shape index (κ3) is 1.92. The van der Waals surface area contributed by atoms with Gasteiger partial charge in [-0.1, -0.05) is 18.2 Å². The highest BCUT2D eigenvalue weighted by molar-refractivity contribution is 5.65. The zero-order chi connectivity index (χ0) is 11.4. The second-order valence-corrected chi connectivity index (χ2v) is 3.29. The number of benzene rings is 2. The minimum atomic E-state index is 0.609. The molecule has 0 aromatic heterocycles. The summed E-state index contributed by atoms with van der Waals surface area (Å²) in [6.45, 7) is 0. The second-order valence-electron chi connectivity index (χ2n) is 3.29. The molecule has 16 heavy (non-hydrogen) atoms. The fourth-order valence-corrected chi connectivity index (χ4v) is 1.43. The average Bonchev–Trinajstić information content (AvgIpc) is 2.39. The molecule has 2 rings (SSSR count). The van der Waals surface area contributed by atoms with Gasteiger partial charge in [-0.25, -0.2) is 0 Å². The first-order valence-electron chi connectivity index (χ1n) is 4.76. The molecule has 0 N–H and O–H groups in total. The lowest BCUT2D eigenvalue weighted by Gasteiger charge is -2.01. The van der Waals surface area contributed by atoms with Gasteiger partial charge in [0.1, 0.15) is 0 Å². The van der Waals surface area contributed by atoms with E-state index in [9.17, 15) is 0 Å². The van der Waals surface area contributed by atoms with E-state index in [-0.39, 0.29) is 0 Å². The van der Waals surface area contributed by atoms with Crippen LogP contribution in [0.1, 0.15) is 11.1 Å². The molecule has 0 unspecified atom stereocenters. The SMILES string of the molecule is N#Cc1ccc(-c2[c]ccc(C#N)c2)cc1. The van der Waals surface area contributed by atoms with E-state index >= 15 is 0 Å². The standard InChI is InChI=1S/C14H7N2/c15-9-11-4-6-13(7-5-11)14-3-1-2-12(8-14)10-16/h1-2,4-8H. The van der Waals surface area contributed by atoms with Gasteiger partial charge < -0.3 is 0 Å². The van der Waals surface area contributed by atoms with Crippen LogP contribution < -0.4 is 0 Å². The van der Waals surface area contributed by atoms with Crippen LogP contribution in [0.25, 0.3) is 11.1 Å². The Hall–Kier alpha value is -2.58. The predicted molar refractivity (Wildman–Crippen MR) is 60.1 cm³/mol. The van der Waals surface area contributed by atoms with Gasteiger partial charge in [-0.05, 0) is 41.5 Å². The second kappa shape index (κ2) is 4.29. The van der Waals surface area contributed by atoms with Gasteiger partial charge in [0.15, 0.2) is 0 Å². The van der Waals surface area contributed by atoms with Gasteiger partial charge in [-0.15, -0.1) is 0 Å². The van der Waals surface area contributed by atoms with E-state index in [0.29, 0.717) is 11.1 Å². The van der Waals surface area contributed by atoms with E-state index in [1.54, 1.807) is 30.3 Å². The van der Waals surface area contributed by atoms with Crippen molar-refractivity contribution in [1.29, 1.82) is 10.5 Å². The Morgan fingerprint density at radius 2 is 1.56 bits per heavy atom. The molecule has 1 radical (unpaired) electrons. The molecular formula is C14H7N2. The summed E-state index contributed by atoms with van der Waals surface area (Å²) in [5, 5.41) is 17.5. The number of nitrogens with zero attached hydrogens (tertiary/aromatic N) is 2. The van der Waals surface area contributed by atoms with Gasteiger partial charge in [0.25, 0.3) is 0 Å². The Bertz CT molecular complexity index is 583. The monoisotopic (exact) mass is 203 g/mol. The smallest absolute Gasteiger partial charge is 0.0991 e. The van der Waals surface area contributed by atoms with Crippen LogP contribution >= 0.6 is 0 Å². The van der Waals surface area contributed by atoms with E-state index in [1.807, 2.05) is 12.1 Å². The molecule has 2 aromatic carbocycles. The van der Waals surface area contributed by atoms with Crippen molar-refractivity contribution in [3.05, 3.63) is 59.7 Å². The zero-order valence-corrected chi connectivity index (χ0v) is 8.44. The molecule has 0 heterocycles. The highest BCUT2D eigenvalue weighted by atomic mass is 14.2. The van der Waals surface area contributed by atoms with Crippen molar-refractivity contribution < 1.29 is 0 Å². The predicted octanol–water partition coefficient (Wildman–Crippen LogP) is 2.90. The lowest BCUT2D eigenvalue weighted by molar-refractivity contribution is 1.47. The van der Waals surface area contributed by atoms with Crippen molar-refractivity contribution in [1.82, 2.24) is 0 Å². The third-order valence-electron chi connectivity index (χ3n) is 2.26. The van der Waals surface area contributed by atoms with Gasteiger partial charge in [-0.3, -0.25) is 0 Å². The van der Waals surface area contributed by atoms with Gasteiger partial charge in [0.2, 0.25) is 0 Å². The van der Waals surface area contributed by atoms with Crippen LogP contribution in [-0.4, -0.2) is 0 Å². The van der Waals surface area contributed by atoms with Crippen molar-refractivity contribution in [2.24, 2.45) is 0 Å². The lowest BCUT2D eigenvalue weighted by Crippen LogP contribution is -1.81. The fraction of sp³-hybridized carbons (Fsp3) is 0. The van der Waals surface area contributed by atoms with E-state index in [0.717, 1.165) is 11.1 Å².